The summed E-state index contributed by atoms with van der Waals surface area (Å²) in [7, 11) is 1.79. The van der Waals surface area contributed by atoms with Gasteiger partial charge in [-0.2, -0.15) is 0 Å². The van der Waals surface area contributed by atoms with E-state index in [0.717, 1.165) is 26.2 Å². The average Bonchev–Trinajstić information content (AvgIpc) is 2.27. The fraction of sp³-hybridized carbons (Fsp3) is 0.909. The van der Waals surface area contributed by atoms with Crippen LogP contribution in [0.15, 0.2) is 0 Å². The number of carbonyl (C=O) groups excluding carboxylic acids is 1. The zero-order chi connectivity index (χ0) is 11.7. The summed E-state index contributed by atoms with van der Waals surface area (Å²) in [6.45, 7) is 10.7. The molecule has 0 radical (unpaired) electrons. The van der Waals surface area contributed by atoms with Gasteiger partial charge >= 0.3 is 0 Å². The highest BCUT2D eigenvalue weighted by molar-refractivity contribution is 5.77. The van der Waals surface area contributed by atoms with E-state index in [2.05, 4.69) is 18.7 Å². The number of nitrogens with zero attached hydrogens (tertiary/aromatic N) is 2. The van der Waals surface area contributed by atoms with Crippen molar-refractivity contribution in [2.45, 2.75) is 20.8 Å². The Morgan fingerprint density at radius 3 is 2.20 bits per heavy atom. The van der Waals surface area contributed by atoms with Crippen LogP contribution in [0, 0.1) is 0 Å². The molecule has 0 saturated carbocycles. The lowest BCUT2D eigenvalue weighted by Gasteiger charge is -2.18. The van der Waals surface area contributed by atoms with E-state index in [1.165, 1.54) is 0 Å². The lowest BCUT2D eigenvalue weighted by Crippen LogP contribution is -2.32. The first kappa shape index (κ1) is 14.4. The monoisotopic (exact) mass is 216 g/mol. The van der Waals surface area contributed by atoms with Gasteiger partial charge in [0.05, 0.1) is 6.61 Å². The molecule has 0 heterocycles. The first-order valence-corrected chi connectivity index (χ1v) is 5.69. The second kappa shape index (κ2) is 8.68. The van der Waals surface area contributed by atoms with Gasteiger partial charge in [-0.15, -0.1) is 0 Å². The van der Waals surface area contributed by atoms with Crippen LogP contribution in [-0.2, 0) is 9.53 Å². The number of hydrogen-bond donors (Lipinski definition) is 0. The van der Waals surface area contributed by atoms with Gasteiger partial charge in [-0.1, -0.05) is 13.8 Å². The van der Waals surface area contributed by atoms with Crippen molar-refractivity contribution in [2.75, 3.05) is 46.4 Å². The summed E-state index contributed by atoms with van der Waals surface area (Å²) < 4.78 is 5.32. The highest BCUT2D eigenvalue weighted by atomic mass is 16.5. The molecular formula is C11H24N2O2. The van der Waals surface area contributed by atoms with Crippen LogP contribution < -0.4 is 0 Å². The molecule has 0 unspecified atom stereocenters. The summed E-state index contributed by atoms with van der Waals surface area (Å²) in [5, 5.41) is 0. The number of carbonyl (C=O) groups is 1. The van der Waals surface area contributed by atoms with Crippen LogP contribution in [-0.4, -0.2) is 62.1 Å². The topological polar surface area (TPSA) is 32.8 Å². The molecule has 0 spiro atoms. The fourth-order valence-electron chi connectivity index (χ4n) is 1.18. The predicted octanol–water partition coefficient (Wildman–Crippen LogP) is 0.823. The quantitative estimate of drug-likeness (QED) is 0.563. The maximum atomic E-state index is 11.3. The summed E-state index contributed by atoms with van der Waals surface area (Å²) in [6, 6.07) is 0. The zero-order valence-corrected chi connectivity index (χ0v) is 10.5. The number of rotatable bonds is 8. The zero-order valence-electron chi connectivity index (χ0n) is 10.5. The Labute approximate surface area is 93.2 Å². The third-order valence-electron chi connectivity index (χ3n) is 2.57. The number of hydrogen-bond acceptors (Lipinski definition) is 3. The van der Waals surface area contributed by atoms with Crippen molar-refractivity contribution >= 4 is 5.91 Å². The molecule has 0 N–H and O–H groups in total. The predicted molar refractivity (Wildman–Crippen MR) is 61.9 cm³/mol. The van der Waals surface area contributed by atoms with Crippen molar-refractivity contribution < 1.29 is 9.53 Å². The van der Waals surface area contributed by atoms with Gasteiger partial charge in [-0.25, -0.2) is 0 Å². The van der Waals surface area contributed by atoms with Gasteiger partial charge in [-0.3, -0.25) is 4.79 Å². The van der Waals surface area contributed by atoms with Gasteiger partial charge in [-0.05, 0) is 20.0 Å². The summed E-state index contributed by atoms with van der Waals surface area (Å²) in [5.41, 5.74) is 0. The molecular weight excluding hydrogens is 192 g/mol. The average molecular weight is 216 g/mol. The van der Waals surface area contributed by atoms with Crippen molar-refractivity contribution in [1.29, 1.82) is 0 Å². The Balaban J connectivity index is 3.49. The standard InChI is InChI=1S/C11H24N2O2/c1-5-12(4)11(14)10-15-9-8-13(6-2)7-3/h5-10H2,1-4H3. The van der Waals surface area contributed by atoms with Gasteiger partial charge in [0, 0.05) is 20.1 Å². The molecule has 0 bridgehead atoms. The van der Waals surface area contributed by atoms with Crippen molar-refractivity contribution in [3.63, 3.8) is 0 Å². The van der Waals surface area contributed by atoms with Crippen molar-refractivity contribution in [2.24, 2.45) is 0 Å². The van der Waals surface area contributed by atoms with Crippen LogP contribution in [0.3, 0.4) is 0 Å². The first-order valence-electron chi connectivity index (χ1n) is 5.69. The van der Waals surface area contributed by atoms with Gasteiger partial charge < -0.3 is 14.5 Å². The lowest BCUT2D eigenvalue weighted by atomic mass is 10.5. The second-order valence-electron chi connectivity index (χ2n) is 3.49. The first-order chi connectivity index (χ1) is 7.15. The van der Waals surface area contributed by atoms with E-state index in [-0.39, 0.29) is 12.5 Å². The number of likely N-dealkylation sites (N-methyl/N-ethyl adjacent to an activating group) is 2. The van der Waals surface area contributed by atoms with E-state index in [4.69, 9.17) is 4.74 Å². The Morgan fingerprint density at radius 1 is 1.13 bits per heavy atom. The van der Waals surface area contributed by atoms with Crippen LogP contribution in [0.5, 0.6) is 0 Å². The van der Waals surface area contributed by atoms with E-state index in [1.54, 1.807) is 11.9 Å². The van der Waals surface area contributed by atoms with Crippen LogP contribution in [0.2, 0.25) is 0 Å². The third kappa shape index (κ3) is 6.47. The molecule has 4 nitrogen and oxygen atoms in total. The normalized spacial score (nSPS) is 10.7. The highest BCUT2D eigenvalue weighted by Gasteiger charge is 2.06. The summed E-state index contributed by atoms with van der Waals surface area (Å²) >= 11 is 0. The molecule has 0 aliphatic rings. The van der Waals surface area contributed by atoms with Crippen LogP contribution in [0.4, 0.5) is 0 Å². The van der Waals surface area contributed by atoms with E-state index in [0.29, 0.717) is 6.61 Å². The van der Waals surface area contributed by atoms with E-state index in [1.807, 2.05) is 6.92 Å². The number of ether oxygens (including phenoxy) is 1. The van der Waals surface area contributed by atoms with Crippen LogP contribution in [0.25, 0.3) is 0 Å². The summed E-state index contributed by atoms with van der Waals surface area (Å²) in [5.74, 6) is 0.0528. The fourth-order valence-corrected chi connectivity index (χ4v) is 1.18. The van der Waals surface area contributed by atoms with Gasteiger partial charge in [0.15, 0.2) is 0 Å². The van der Waals surface area contributed by atoms with Gasteiger partial charge in [0.1, 0.15) is 6.61 Å². The lowest BCUT2D eigenvalue weighted by molar-refractivity contribution is -0.134. The number of amides is 1. The molecule has 0 rings (SSSR count). The molecule has 0 aliphatic carbocycles. The SMILES string of the molecule is CCN(CC)CCOCC(=O)N(C)CC. The van der Waals surface area contributed by atoms with Gasteiger partial charge in [0.25, 0.3) is 0 Å². The minimum atomic E-state index is 0.0528. The molecule has 0 atom stereocenters. The van der Waals surface area contributed by atoms with E-state index < -0.39 is 0 Å². The molecule has 1 amide bonds. The largest absolute Gasteiger partial charge is 0.370 e. The Morgan fingerprint density at radius 2 is 1.73 bits per heavy atom. The van der Waals surface area contributed by atoms with Crippen molar-refractivity contribution in [3.8, 4) is 0 Å². The maximum absolute atomic E-state index is 11.3. The minimum Gasteiger partial charge on any atom is -0.370 e. The molecule has 90 valence electrons. The molecule has 0 aromatic carbocycles. The molecule has 0 aromatic heterocycles. The summed E-state index contributed by atoms with van der Waals surface area (Å²) in [6.07, 6.45) is 0. The van der Waals surface area contributed by atoms with Gasteiger partial charge in [0.2, 0.25) is 5.91 Å². The third-order valence-corrected chi connectivity index (χ3v) is 2.57. The smallest absolute Gasteiger partial charge is 0.248 e. The van der Waals surface area contributed by atoms with Crippen molar-refractivity contribution in [1.82, 2.24) is 9.80 Å². The minimum absolute atomic E-state index is 0.0528. The van der Waals surface area contributed by atoms with Crippen molar-refractivity contribution in [3.05, 3.63) is 0 Å². The molecule has 0 aliphatic heterocycles. The Bertz CT molecular complexity index is 170. The van der Waals surface area contributed by atoms with E-state index >= 15 is 0 Å². The van der Waals surface area contributed by atoms with Crippen LogP contribution in [0.1, 0.15) is 20.8 Å². The molecule has 0 fully saturated rings. The maximum Gasteiger partial charge on any atom is 0.248 e. The molecule has 4 heteroatoms. The Kier molecular flexibility index (Phi) is 8.33. The summed E-state index contributed by atoms with van der Waals surface area (Å²) in [4.78, 5) is 15.3. The Hall–Kier alpha value is -0.610. The molecule has 15 heavy (non-hydrogen) atoms. The molecule has 0 aromatic rings. The van der Waals surface area contributed by atoms with Crippen LogP contribution >= 0.6 is 0 Å². The second-order valence-corrected chi connectivity index (χ2v) is 3.49. The van der Waals surface area contributed by atoms with E-state index in [9.17, 15) is 4.79 Å². The highest BCUT2D eigenvalue weighted by Crippen LogP contribution is 1.89. The molecule has 0 saturated heterocycles.